The quantitative estimate of drug-likeness (QED) is 0.787. The van der Waals surface area contributed by atoms with E-state index in [1.165, 1.54) is 6.42 Å². The van der Waals surface area contributed by atoms with Crippen molar-refractivity contribution in [2.45, 2.75) is 63.5 Å². The lowest BCUT2D eigenvalue weighted by Gasteiger charge is -2.40. The van der Waals surface area contributed by atoms with E-state index in [9.17, 15) is 15.0 Å². The van der Waals surface area contributed by atoms with E-state index < -0.39 is 17.5 Å². The largest absolute Gasteiger partial charge is 0.481 e. The predicted molar refractivity (Wildman–Crippen MR) is 69.4 cm³/mol. The minimum absolute atomic E-state index is 0.0733. The molecule has 0 amide bonds. The number of carboxylic acids is 1. The van der Waals surface area contributed by atoms with Gasteiger partial charge in [-0.3, -0.25) is 9.69 Å². The number of aliphatic carboxylic acids is 1. The Labute approximate surface area is 109 Å². The molecule has 2 aliphatic heterocycles. The summed E-state index contributed by atoms with van der Waals surface area (Å²) in [5.74, 6) is -1.41. The van der Waals surface area contributed by atoms with Crippen molar-refractivity contribution < 1.29 is 15.0 Å². The standard InChI is InChI=1S/C14H25NO3/c1-2-3-6-11(13(16)17)14(18)8-10-15-9-5-4-7-12(14)15/h11-12,18H,2-10H2,1H3,(H,16,17). The van der Waals surface area contributed by atoms with Crippen molar-refractivity contribution in [1.82, 2.24) is 4.90 Å². The molecule has 2 aliphatic rings. The number of fused-ring (bicyclic) bond motifs is 1. The molecule has 3 atom stereocenters. The maximum Gasteiger partial charge on any atom is 0.309 e. The summed E-state index contributed by atoms with van der Waals surface area (Å²) in [6, 6.07) is 0.0733. The van der Waals surface area contributed by atoms with Crippen LogP contribution in [-0.2, 0) is 4.79 Å². The van der Waals surface area contributed by atoms with Crippen LogP contribution in [0.3, 0.4) is 0 Å². The number of carboxylic acid groups (broad SMARTS) is 1. The molecule has 0 spiro atoms. The van der Waals surface area contributed by atoms with Crippen LogP contribution >= 0.6 is 0 Å². The van der Waals surface area contributed by atoms with Gasteiger partial charge in [-0.05, 0) is 32.2 Å². The van der Waals surface area contributed by atoms with Crippen LogP contribution in [0.2, 0.25) is 0 Å². The van der Waals surface area contributed by atoms with Crippen LogP contribution in [0.4, 0.5) is 0 Å². The Morgan fingerprint density at radius 2 is 2.22 bits per heavy atom. The molecule has 2 N–H and O–H groups in total. The summed E-state index contributed by atoms with van der Waals surface area (Å²) in [5, 5.41) is 20.4. The second-order valence-electron chi connectivity index (χ2n) is 5.82. The average Bonchev–Trinajstić information content (AvgIpc) is 2.69. The monoisotopic (exact) mass is 255 g/mol. The SMILES string of the molecule is CCCCC(C(=O)O)C1(O)CCN2CCCCC21. The molecular weight excluding hydrogens is 230 g/mol. The van der Waals surface area contributed by atoms with E-state index in [2.05, 4.69) is 11.8 Å². The van der Waals surface area contributed by atoms with E-state index in [1.54, 1.807) is 0 Å². The Morgan fingerprint density at radius 1 is 1.44 bits per heavy atom. The normalized spacial score (nSPS) is 34.2. The molecule has 2 heterocycles. The van der Waals surface area contributed by atoms with E-state index >= 15 is 0 Å². The first-order valence-corrected chi connectivity index (χ1v) is 7.29. The molecule has 18 heavy (non-hydrogen) atoms. The summed E-state index contributed by atoms with van der Waals surface area (Å²) in [5.41, 5.74) is -0.999. The molecule has 3 unspecified atom stereocenters. The van der Waals surface area contributed by atoms with Crippen LogP contribution in [0, 0.1) is 5.92 Å². The molecular formula is C14H25NO3. The maximum atomic E-state index is 11.5. The van der Waals surface area contributed by atoms with E-state index in [4.69, 9.17) is 0 Å². The average molecular weight is 255 g/mol. The van der Waals surface area contributed by atoms with E-state index in [0.29, 0.717) is 12.8 Å². The van der Waals surface area contributed by atoms with Gasteiger partial charge in [-0.15, -0.1) is 0 Å². The summed E-state index contributed by atoms with van der Waals surface area (Å²) < 4.78 is 0. The fourth-order valence-corrected chi connectivity index (χ4v) is 3.72. The lowest BCUT2D eigenvalue weighted by atomic mass is 9.76. The van der Waals surface area contributed by atoms with Crippen molar-refractivity contribution >= 4 is 5.97 Å². The molecule has 0 radical (unpaired) electrons. The van der Waals surface area contributed by atoms with Crippen LogP contribution in [0.5, 0.6) is 0 Å². The lowest BCUT2D eigenvalue weighted by Crippen LogP contribution is -2.53. The molecule has 0 saturated carbocycles. The van der Waals surface area contributed by atoms with Crippen molar-refractivity contribution in [3.8, 4) is 0 Å². The summed E-state index contributed by atoms with van der Waals surface area (Å²) in [7, 11) is 0. The van der Waals surface area contributed by atoms with Crippen LogP contribution in [0.25, 0.3) is 0 Å². The number of nitrogens with zero attached hydrogens (tertiary/aromatic N) is 1. The van der Waals surface area contributed by atoms with Crippen LogP contribution in [0.1, 0.15) is 51.9 Å². The summed E-state index contributed by atoms with van der Waals surface area (Å²) in [6.45, 7) is 3.94. The lowest BCUT2D eigenvalue weighted by molar-refractivity contribution is -0.155. The van der Waals surface area contributed by atoms with Crippen molar-refractivity contribution in [2.24, 2.45) is 5.92 Å². The summed E-state index contributed by atoms with van der Waals surface area (Å²) in [4.78, 5) is 13.8. The Bertz CT molecular complexity index is 307. The smallest absolute Gasteiger partial charge is 0.309 e. The Balaban J connectivity index is 2.14. The van der Waals surface area contributed by atoms with Crippen LogP contribution < -0.4 is 0 Å². The van der Waals surface area contributed by atoms with E-state index in [0.717, 1.165) is 38.8 Å². The number of piperidine rings is 1. The molecule has 2 rings (SSSR count). The van der Waals surface area contributed by atoms with Crippen molar-refractivity contribution in [3.63, 3.8) is 0 Å². The van der Waals surface area contributed by atoms with E-state index in [1.807, 2.05) is 0 Å². The van der Waals surface area contributed by atoms with Crippen molar-refractivity contribution in [2.75, 3.05) is 13.1 Å². The highest BCUT2D eigenvalue weighted by Gasteiger charge is 2.53. The molecule has 0 aromatic rings. The van der Waals surface area contributed by atoms with Gasteiger partial charge in [0.05, 0.1) is 11.5 Å². The van der Waals surface area contributed by atoms with Gasteiger partial charge in [0.1, 0.15) is 0 Å². The van der Waals surface area contributed by atoms with E-state index in [-0.39, 0.29) is 6.04 Å². The Hall–Kier alpha value is -0.610. The molecule has 0 aliphatic carbocycles. The molecule has 0 bridgehead atoms. The number of aliphatic hydroxyl groups is 1. The first-order chi connectivity index (χ1) is 8.59. The fourth-order valence-electron chi connectivity index (χ4n) is 3.72. The number of carbonyl (C=O) groups is 1. The molecule has 104 valence electrons. The summed E-state index contributed by atoms with van der Waals surface area (Å²) in [6.07, 6.45) is 6.33. The zero-order chi connectivity index (χ0) is 13.2. The summed E-state index contributed by atoms with van der Waals surface area (Å²) >= 11 is 0. The van der Waals surface area contributed by atoms with Gasteiger partial charge in [-0.2, -0.15) is 0 Å². The van der Waals surface area contributed by atoms with Gasteiger partial charge in [0.15, 0.2) is 0 Å². The molecule has 4 heteroatoms. The van der Waals surface area contributed by atoms with Gasteiger partial charge in [0.25, 0.3) is 0 Å². The Morgan fingerprint density at radius 3 is 2.89 bits per heavy atom. The van der Waals surface area contributed by atoms with Gasteiger partial charge in [0.2, 0.25) is 0 Å². The predicted octanol–water partition coefficient (Wildman–Crippen LogP) is 1.87. The third-order valence-electron chi connectivity index (χ3n) is 4.74. The van der Waals surface area contributed by atoms with Crippen molar-refractivity contribution in [3.05, 3.63) is 0 Å². The molecule has 2 saturated heterocycles. The highest BCUT2D eigenvalue weighted by molar-refractivity contribution is 5.72. The first-order valence-electron chi connectivity index (χ1n) is 7.29. The molecule has 2 fully saturated rings. The number of unbranched alkanes of at least 4 members (excludes halogenated alkanes) is 1. The Kier molecular flexibility index (Phi) is 4.28. The zero-order valence-electron chi connectivity index (χ0n) is 11.3. The second kappa shape index (κ2) is 5.57. The van der Waals surface area contributed by atoms with Gasteiger partial charge >= 0.3 is 5.97 Å². The van der Waals surface area contributed by atoms with Crippen LogP contribution in [0.15, 0.2) is 0 Å². The fraction of sp³-hybridized carbons (Fsp3) is 0.929. The van der Waals surface area contributed by atoms with Gasteiger partial charge in [-0.1, -0.05) is 26.2 Å². The topological polar surface area (TPSA) is 60.8 Å². The molecule has 0 aromatic heterocycles. The molecule has 0 aromatic carbocycles. The second-order valence-corrected chi connectivity index (χ2v) is 5.82. The third kappa shape index (κ3) is 2.41. The van der Waals surface area contributed by atoms with Gasteiger partial charge in [0, 0.05) is 12.6 Å². The number of hydrogen-bond acceptors (Lipinski definition) is 3. The number of hydrogen-bond donors (Lipinski definition) is 2. The zero-order valence-corrected chi connectivity index (χ0v) is 11.3. The third-order valence-corrected chi connectivity index (χ3v) is 4.74. The first kappa shape index (κ1) is 13.8. The minimum Gasteiger partial charge on any atom is -0.481 e. The minimum atomic E-state index is -0.999. The maximum absolute atomic E-state index is 11.5. The highest BCUT2D eigenvalue weighted by Crippen LogP contribution is 2.41. The van der Waals surface area contributed by atoms with Gasteiger partial charge < -0.3 is 10.2 Å². The highest BCUT2D eigenvalue weighted by atomic mass is 16.4. The van der Waals surface area contributed by atoms with Crippen molar-refractivity contribution in [1.29, 1.82) is 0 Å². The number of rotatable bonds is 5. The van der Waals surface area contributed by atoms with Crippen LogP contribution in [-0.4, -0.2) is 45.8 Å². The molecule has 4 nitrogen and oxygen atoms in total. The van der Waals surface area contributed by atoms with Gasteiger partial charge in [-0.25, -0.2) is 0 Å².